The highest BCUT2D eigenvalue weighted by atomic mass is 35.5. The van der Waals surface area contributed by atoms with E-state index in [0.717, 1.165) is 0 Å². The third-order valence-electron chi connectivity index (χ3n) is 1.39. The van der Waals surface area contributed by atoms with Crippen LogP contribution in [0.4, 0.5) is 5.69 Å². The average molecular weight is 198 g/mol. The third kappa shape index (κ3) is 2.28. The summed E-state index contributed by atoms with van der Waals surface area (Å²) in [5, 5.41) is 3.91. The van der Waals surface area contributed by atoms with Crippen LogP contribution in [0.15, 0.2) is 23.3 Å². The SMILES string of the molecule is CCOc1c(Cl)cccc1N=[N+]=[N-]. The van der Waals surface area contributed by atoms with Crippen LogP contribution < -0.4 is 4.74 Å². The van der Waals surface area contributed by atoms with Crippen molar-refractivity contribution in [2.24, 2.45) is 5.11 Å². The van der Waals surface area contributed by atoms with Crippen LogP contribution >= 0.6 is 11.6 Å². The zero-order chi connectivity index (χ0) is 9.68. The van der Waals surface area contributed by atoms with E-state index in [1.807, 2.05) is 6.92 Å². The van der Waals surface area contributed by atoms with Gasteiger partial charge in [0.1, 0.15) is 5.75 Å². The van der Waals surface area contributed by atoms with Gasteiger partial charge in [-0.25, -0.2) is 0 Å². The highest BCUT2D eigenvalue weighted by molar-refractivity contribution is 6.32. The largest absolute Gasteiger partial charge is 0.492 e. The molecule has 0 radical (unpaired) electrons. The van der Waals surface area contributed by atoms with Crippen molar-refractivity contribution in [2.75, 3.05) is 6.61 Å². The minimum Gasteiger partial charge on any atom is -0.492 e. The van der Waals surface area contributed by atoms with Crippen molar-refractivity contribution in [1.29, 1.82) is 0 Å². The van der Waals surface area contributed by atoms with Crippen molar-refractivity contribution >= 4 is 17.3 Å². The maximum absolute atomic E-state index is 8.26. The van der Waals surface area contributed by atoms with E-state index in [0.29, 0.717) is 23.1 Å². The molecule has 4 nitrogen and oxygen atoms in total. The maximum Gasteiger partial charge on any atom is 0.147 e. The molecule has 0 amide bonds. The molecule has 0 saturated carbocycles. The number of para-hydroxylation sites is 1. The lowest BCUT2D eigenvalue weighted by Gasteiger charge is -2.07. The lowest BCUT2D eigenvalue weighted by atomic mass is 10.3. The minimum atomic E-state index is 0.414. The summed E-state index contributed by atoms with van der Waals surface area (Å²) in [5.41, 5.74) is 8.68. The Labute approximate surface area is 80.7 Å². The van der Waals surface area contributed by atoms with Gasteiger partial charge >= 0.3 is 0 Å². The number of nitrogens with zero attached hydrogens (tertiary/aromatic N) is 3. The molecule has 68 valence electrons. The second-order valence-corrected chi connectivity index (χ2v) is 2.62. The summed E-state index contributed by atoms with van der Waals surface area (Å²) in [7, 11) is 0. The summed E-state index contributed by atoms with van der Waals surface area (Å²) in [6.07, 6.45) is 0. The van der Waals surface area contributed by atoms with Crippen LogP contribution in [0.2, 0.25) is 5.02 Å². The molecule has 0 spiro atoms. The highest BCUT2D eigenvalue weighted by Crippen LogP contribution is 2.34. The number of halogens is 1. The van der Waals surface area contributed by atoms with Gasteiger partial charge in [0.25, 0.3) is 0 Å². The molecular formula is C8H8ClN3O. The number of azide groups is 1. The third-order valence-corrected chi connectivity index (χ3v) is 1.68. The van der Waals surface area contributed by atoms with Gasteiger partial charge in [0.05, 0.1) is 17.3 Å². The Kier molecular flexibility index (Phi) is 3.43. The Morgan fingerprint density at radius 2 is 2.38 bits per heavy atom. The summed E-state index contributed by atoms with van der Waals surface area (Å²) in [4.78, 5) is 2.68. The molecule has 0 N–H and O–H groups in total. The molecule has 0 aliphatic rings. The smallest absolute Gasteiger partial charge is 0.147 e. The Hall–Kier alpha value is -1.38. The fourth-order valence-corrected chi connectivity index (χ4v) is 1.14. The van der Waals surface area contributed by atoms with Crippen molar-refractivity contribution in [2.45, 2.75) is 6.92 Å². The molecule has 1 rings (SSSR count). The normalized spacial score (nSPS) is 9.08. The van der Waals surface area contributed by atoms with Gasteiger partial charge in [0.2, 0.25) is 0 Å². The fourth-order valence-electron chi connectivity index (χ4n) is 0.912. The van der Waals surface area contributed by atoms with Crippen LogP contribution in [0.5, 0.6) is 5.75 Å². The van der Waals surface area contributed by atoms with E-state index in [4.69, 9.17) is 21.9 Å². The molecule has 0 aliphatic carbocycles. The molecule has 1 aromatic carbocycles. The van der Waals surface area contributed by atoms with Crippen molar-refractivity contribution in [3.05, 3.63) is 33.7 Å². The Morgan fingerprint density at radius 1 is 1.62 bits per heavy atom. The zero-order valence-corrected chi connectivity index (χ0v) is 7.82. The maximum atomic E-state index is 8.26. The van der Waals surface area contributed by atoms with Crippen molar-refractivity contribution in [3.8, 4) is 5.75 Å². The van der Waals surface area contributed by atoms with E-state index < -0.39 is 0 Å². The van der Waals surface area contributed by atoms with Gasteiger partial charge in [0, 0.05) is 4.91 Å². The number of hydrogen-bond acceptors (Lipinski definition) is 2. The standard InChI is InChI=1S/C8H8ClN3O/c1-2-13-8-6(9)4-3-5-7(8)11-12-10/h3-5H,2H2,1H3. The molecule has 13 heavy (non-hydrogen) atoms. The Morgan fingerprint density at radius 3 is 3.00 bits per heavy atom. The summed E-state index contributed by atoms with van der Waals surface area (Å²) < 4.78 is 5.22. The molecule has 1 aromatic rings. The van der Waals surface area contributed by atoms with E-state index >= 15 is 0 Å². The van der Waals surface area contributed by atoms with Gasteiger partial charge in [-0.3, -0.25) is 0 Å². The number of hydrogen-bond donors (Lipinski definition) is 0. The van der Waals surface area contributed by atoms with Gasteiger partial charge in [-0.05, 0) is 24.6 Å². The van der Waals surface area contributed by atoms with Gasteiger partial charge in [-0.2, -0.15) is 0 Å². The first kappa shape index (κ1) is 9.71. The summed E-state index contributed by atoms with van der Waals surface area (Å²) in [5.74, 6) is 0.435. The van der Waals surface area contributed by atoms with Crippen LogP contribution in [0.1, 0.15) is 6.92 Å². The molecule has 0 bridgehead atoms. The van der Waals surface area contributed by atoms with E-state index in [-0.39, 0.29) is 0 Å². The van der Waals surface area contributed by atoms with E-state index in [1.54, 1.807) is 18.2 Å². The molecule has 0 atom stereocenters. The molecule has 0 aromatic heterocycles. The predicted octanol–water partition coefficient (Wildman–Crippen LogP) is 3.68. The topological polar surface area (TPSA) is 58.0 Å². The molecule has 0 aliphatic heterocycles. The average Bonchev–Trinajstić information content (AvgIpc) is 2.11. The quantitative estimate of drug-likeness (QED) is 0.414. The number of ether oxygens (including phenoxy) is 1. The highest BCUT2D eigenvalue weighted by Gasteiger charge is 2.05. The Balaban J connectivity index is 3.16. The molecule has 5 heteroatoms. The van der Waals surface area contributed by atoms with Crippen molar-refractivity contribution < 1.29 is 4.74 Å². The molecule has 0 saturated heterocycles. The van der Waals surface area contributed by atoms with Crippen molar-refractivity contribution in [3.63, 3.8) is 0 Å². The first-order valence-electron chi connectivity index (χ1n) is 3.76. The lowest BCUT2D eigenvalue weighted by molar-refractivity contribution is 0.341. The molecule has 0 fully saturated rings. The van der Waals surface area contributed by atoms with Crippen LogP contribution in [0.3, 0.4) is 0 Å². The second-order valence-electron chi connectivity index (χ2n) is 2.21. The van der Waals surface area contributed by atoms with Gasteiger partial charge in [-0.1, -0.05) is 22.8 Å². The van der Waals surface area contributed by atoms with Gasteiger partial charge in [0.15, 0.2) is 0 Å². The lowest BCUT2D eigenvalue weighted by Crippen LogP contribution is -1.92. The van der Waals surface area contributed by atoms with Crippen LogP contribution in [0.25, 0.3) is 10.4 Å². The summed E-state index contributed by atoms with van der Waals surface area (Å²) in [6.45, 7) is 2.32. The van der Waals surface area contributed by atoms with Crippen LogP contribution in [0, 0.1) is 0 Å². The van der Waals surface area contributed by atoms with Gasteiger partial charge < -0.3 is 4.74 Å². The van der Waals surface area contributed by atoms with E-state index in [2.05, 4.69) is 10.0 Å². The summed E-state index contributed by atoms with van der Waals surface area (Å²) >= 11 is 5.84. The Bertz CT molecular complexity index is 347. The number of benzene rings is 1. The fraction of sp³-hybridized carbons (Fsp3) is 0.250. The first-order valence-corrected chi connectivity index (χ1v) is 4.13. The number of rotatable bonds is 3. The zero-order valence-electron chi connectivity index (χ0n) is 7.07. The van der Waals surface area contributed by atoms with E-state index in [1.165, 1.54) is 0 Å². The van der Waals surface area contributed by atoms with Crippen molar-refractivity contribution in [1.82, 2.24) is 0 Å². The molecular weight excluding hydrogens is 190 g/mol. The van der Waals surface area contributed by atoms with Crippen LogP contribution in [-0.2, 0) is 0 Å². The summed E-state index contributed by atoms with van der Waals surface area (Å²) in [6, 6.07) is 5.04. The molecule has 0 heterocycles. The molecule has 0 unspecified atom stereocenters. The monoisotopic (exact) mass is 197 g/mol. The van der Waals surface area contributed by atoms with Gasteiger partial charge in [-0.15, -0.1) is 0 Å². The second kappa shape index (κ2) is 4.60. The minimum absolute atomic E-state index is 0.414. The van der Waals surface area contributed by atoms with Crippen LogP contribution in [-0.4, -0.2) is 6.61 Å². The first-order chi connectivity index (χ1) is 6.29. The predicted molar refractivity (Wildman–Crippen MR) is 51.4 cm³/mol. The van der Waals surface area contributed by atoms with E-state index in [9.17, 15) is 0 Å².